The highest BCUT2D eigenvalue weighted by atomic mass is 32.2. The molecule has 1 aliphatic carbocycles. The van der Waals surface area contributed by atoms with Crippen LogP contribution in [-0.4, -0.2) is 57.3 Å². The summed E-state index contributed by atoms with van der Waals surface area (Å²) in [5, 5.41) is 9.02. The van der Waals surface area contributed by atoms with Gasteiger partial charge >= 0.3 is 11.3 Å². The van der Waals surface area contributed by atoms with E-state index in [2.05, 4.69) is 17.1 Å². The summed E-state index contributed by atoms with van der Waals surface area (Å²) < 4.78 is 6.56. The first kappa shape index (κ1) is 22.7. The van der Waals surface area contributed by atoms with E-state index >= 15 is 0 Å². The van der Waals surface area contributed by atoms with E-state index in [1.165, 1.54) is 60.1 Å². The van der Waals surface area contributed by atoms with Crippen LogP contribution in [0.5, 0.6) is 0 Å². The van der Waals surface area contributed by atoms with Gasteiger partial charge in [-0.3, -0.25) is 0 Å². The van der Waals surface area contributed by atoms with E-state index in [0.29, 0.717) is 23.3 Å². The molecule has 1 atom stereocenters. The Morgan fingerprint density at radius 2 is 2.00 bits per heavy atom. The van der Waals surface area contributed by atoms with Crippen molar-refractivity contribution in [2.24, 2.45) is 0 Å². The van der Waals surface area contributed by atoms with Crippen molar-refractivity contribution in [2.75, 3.05) is 24.2 Å². The maximum absolute atomic E-state index is 12.8. The molecule has 1 aromatic rings. The minimum absolute atomic E-state index is 0.199. The van der Waals surface area contributed by atoms with Gasteiger partial charge in [0.1, 0.15) is 0 Å². The van der Waals surface area contributed by atoms with Crippen LogP contribution >= 0.6 is 34.9 Å². The van der Waals surface area contributed by atoms with Gasteiger partial charge in [0.25, 0.3) is 0 Å². The van der Waals surface area contributed by atoms with Crippen LogP contribution in [0, 0.1) is 0 Å². The van der Waals surface area contributed by atoms with Gasteiger partial charge in [-0.1, -0.05) is 62.1 Å². The van der Waals surface area contributed by atoms with Gasteiger partial charge in [-0.15, -0.1) is 10.2 Å². The lowest BCUT2D eigenvalue weighted by Crippen LogP contribution is -2.54. The van der Waals surface area contributed by atoms with Gasteiger partial charge in [-0.25, -0.2) is 14.5 Å². The third kappa shape index (κ3) is 6.49. The number of hydrogen-bond donors (Lipinski definition) is 0. The second kappa shape index (κ2) is 11.4. The number of aromatic nitrogens is 2. The number of carbonyl (C=O) groups is 2. The molecule has 0 bridgehead atoms. The maximum atomic E-state index is 12.8. The summed E-state index contributed by atoms with van der Waals surface area (Å²) in [6, 6.07) is -0.199. The largest absolute Gasteiger partial charge is 0.433 e. The van der Waals surface area contributed by atoms with Crippen molar-refractivity contribution in [3.8, 4) is 0 Å². The third-order valence-corrected chi connectivity index (χ3v) is 8.39. The number of unbranched alkanes of at least 4 members (excludes halogenated alkanes) is 3. The zero-order valence-corrected chi connectivity index (χ0v) is 19.6. The van der Waals surface area contributed by atoms with Crippen molar-refractivity contribution in [1.82, 2.24) is 15.1 Å². The maximum Gasteiger partial charge on any atom is 0.369 e. The van der Waals surface area contributed by atoms with Crippen molar-refractivity contribution in [3.05, 3.63) is 0 Å². The highest BCUT2D eigenvalue weighted by molar-refractivity contribution is 8.13. The summed E-state index contributed by atoms with van der Waals surface area (Å²) in [7, 11) is 1.76. The molecule has 1 saturated heterocycles. The molecule has 29 heavy (non-hydrogen) atoms. The Morgan fingerprint density at radius 1 is 1.21 bits per heavy atom. The van der Waals surface area contributed by atoms with Crippen LogP contribution in [0.1, 0.15) is 64.7 Å². The van der Waals surface area contributed by atoms with E-state index in [1.54, 1.807) is 23.7 Å². The van der Waals surface area contributed by atoms with Crippen molar-refractivity contribution in [2.45, 2.75) is 80.5 Å². The molecule has 1 unspecified atom stereocenters. The fourth-order valence-corrected chi connectivity index (χ4v) is 6.43. The Hall–Kier alpha value is -1.00. The zero-order valence-electron chi connectivity index (χ0n) is 17.2. The zero-order chi connectivity index (χ0) is 20.6. The van der Waals surface area contributed by atoms with Gasteiger partial charge in [0.15, 0.2) is 10.6 Å². The number of amides is 2. The molecule has 0 spiro atoms. The van der Waals surface area contributed by atoms with Gasteiger partial charge in [-0.05, 0) is 31.0 Å². The monoisotopic (exact) mass is 458 g/mol. The molecule has 2 heterocycles. The quantitative estimate of drug-likeness (QED) is 0.206. The van der Waals surface area contributed by atoms with E-state index in [1.807, 2.05) is 0 Å². The molecule has 0 aromatic carbocycles. The van der Waals surface area contributed by atoms with Crippen molar-refractivity contribution in [3.63, 3.8) is 0 Å². The van der Waals surface area contributed by atoms with E-state index in [-0.39, 0.29) is 11.3 Å². The van der Waals surface area contributed by atoms with Crippen molar-refractivity contribution < 1.29 is 14.3 Å². The Bertz CT molecular complexity index is 681. The molecule has 7 nitrogen and oxygen atoms in total. The number of nitrogens with zero attached hydrogens (tertiary/aromatic N) is 4. The van der Waals surface area contributed by atoms with Gasteiger partial charge < -0.3 is 9.64 Å². The molecule has 1 saturated carbocycles. The molecule has 2 aliphatic rings. The average molecular weight is 459 g/mol. The number of thioether (sulfide) groups is 2. The fourth-order valence-electron chi connectivity index (χ4n) is 3.48. The molecular formula is C19H30N4O3S3. The number of anilines is 1. The van der Waals surface area contributed by atoms with Crippen LogP contribution in [0.15, 0.2) is 4.34 Å². The topological polar surface area (TPSA) is 75.6 Å². The Balaban J connectivity index is 1.60. The SMILES string of the molecule is CCCCCCSc1nnc(N2C(=O)N(C)CCC2OC(=O)SC2CCCC2)s1. The number of hydrogen-bond acceptors (Lipinski definition) is 8. The number of ether oxygens (including phenoxy) is 1. The first-order valence-electron chi connectivity index (χ1n) is 10.5. The molecule has 0 N–H and O–H groups in total. The van der Waals surface area contributed by atoms with Crippen LogP contribution in [0.4, 0.5) is 14.7 Å². The first-order chi connectivity index (χ1) is 14.1. The summed E-state index contributed by atoms with van der Waals surface area (Å²) in [5.74, 6) is 0.999. The normalized spacial score (nSPS) is 20.5. The van der Waals surface area contributed by atoms with Crippen LogP contribution < -0.4 is 4.90 Å². The molecule has 2 amide bonds. The van der Waals surface area contributed by atoms with Crippen molar-refractivity contribution >= 4 is 51.3 Å². The molecule has 2 fully saturated rings. The van der Waals surface area contributed by atoms with E-state index in [9.17, 15) is 9.59 Å². The van der Waals surface area contributed by atoms with Crippen molar-refractivity contribution in [1.29, 1.82) is 0 Å². The van der Waals surface area contributed by atoms with Crippen LogP contribution in [0.25, 0.3) is 0 Å². The number of carbonyl (C=O) groups excluding carboxylic acids is 2. The highest BCUT2D eigenvalue weighted by Crippen LogP contribution is 2.35. The lowest BCUT2D eigenvalue weighted by Gasteiger charge is -2.37. The lowest BCUT2D eigenvalue weighted by molar-refractivity contribution is 0.0927. The minimum atomic E-state index is -0.615. The average Bonchev–Trinajstić information content (AvgIpc) is 3.37. The minimum Gasteiger partial charge on any atom is -0.433 e. The predicted octanol–water partition coefficient (Wildman–Crippen LogP) is 5.61. The molecule has 1 aromatic heterocycles. The number of rotatable bonds is 9. The molecule has 162 valence electrons. The Labute approximate surface area is 185 Å². The Morgan fingerprint density at radius 3 is 2.76 bits per heavy atom. The van der Waals surface area contributed by atoms with E-state index < -0.39 is 6.23 Å². The number of urea groups is 1. The predicted molar refractivity (Wildman–Crippen MR) is 120 cm³/mol. The third-order valence-electron chi connectivity index (χ3n) is 5.15. The molecule has 0 radical (unpaired) electrons. The fraction of sp³-hybridized carbons (Fsp3) is 0.789. The summed E-state index contributed by atoms with van der Waals surface area (Å²) in [4.78, 5) is 28.3. The van der Waals surface area contributed by atoms with Crippen LogP contribution in [0.3, 0.4) is 0 Å². The standard InChI is InChI=1S/C19H30N4O3S3/c1-3-4-5-8-13-27-17-21-20-16(29-17)23-15(11-12-22(2)18(23)24)26-19(25)28-14-9-6-7-10-14/h14-15H,3-13H2,1-2H3. The van der Waals surface area contributed by atoms with E-state index in [4.69, 9.17) is 4.74 Å². The summed E-state index contributed by atoms with van der Waals surface area (Å²) in [6.45, 7) is 2.76. The molecule has 3 rings (SSSR count). The second-order valence-electron chi connectivity index (χ2n) is 7.47. The second-order valence-corrected chi connectivity index (χ2v) is 11.0. The van der Waals surface area contributed by atoms with Gasteiger partial charge in [0, 0.05) is 31.0 Å². The van der Waals surface area contributed by atoms with E-state index in [0.717, 1.165) is 29.4 Å². The lowest BCUT2D eigenvalue weighted by atomic mass is 10.2. The van der Waals surface area contributed by atoms with Gasteiger partial charge in [0.2, 0.25) is 5.13 Å². The molecule has 10 heteroatoms. The van der Waals surface area contributed by atoms with Crippen LogP contribution in [0.2, 0.25) is 0 Å². The highest BCUT2D eigenvalue weighted by Gasteiger charge is 2.38. The molecular weight excluding hydrogens is 428 g/mol. The summed E-state index contributed by atoms with van der Waals surface area (Å²) in [5.41, 5.74) is 0. The summed E-state index contributed by atoms with van der Waals surface area (Å²) >= 11 is 4.34. The summed E-state index contributed by atoms with van der Waals surface area (Å²) in [6.07, 6.45) is 9.27. The van der Waals surface area contributed by atoms with Crippen LogP contribution in [-0.2, 0) is 4.74 Å². The first-order valence-corrected chi connectivity index (χ1v) is 13.1. The smallest absolute Gasteiger partial charge is 0.369 e. The van der Waals surface area contributed by atoms with Gasteiger partial charge in [-0.2, -0.15) is 0 Å². The molecule has 1 aliphatic heterocycles. The van der Waals surface area contributed by atoms with Gasteiger partial charge in [0.05, 0.1) is 0 Å². The Kier molecular flexibility index (Phi) is 8.92.